The number of carboxylic acids is 1. The van der Waals surface area contributed by atoms with Crippen molar-refractivity contribution in [3.8, 4) is 5.75 Å². The molecule has 0 amide bonds. The molecule has 0 atom stereocenters. The lowest BCUT2D eigenvalue weighted by Gasteiger charge is -2.14. The van der Waals surface area contributed by atoms with Crippen molar-refractivity contribution in [2.75, 3.05) is 0 Å². The Labute approximate surface area is 88.3 Å². The molecular formula is C10H10BFO3. The zero-order valence-corrected chi connectivity index (χ0v) is 8.45. The van der Waals surface area contributed by atoms with E-state index in [1.54, 1.807) is 13.8 Å². The SMILES string of the molecule is [B]c1ccc(C(=O)O)c(F)c1OC(C)C. The molecule has 3 nitrogen and oxygen atoms in total. The topological polar surface area (TPSA) is 46.5 Å². The average molecular weight is 208 g/mol. The molecule has 0 spiro atoms. The minimum atomic E-state index is -1.35. The van der Waals surface area contributed by atoms with E-state index in [2.05, 4.69) is 0 Å². The summed E-state index contributed by atoms with van der Waals surface area (Å²) < 4.78 is 18.7. The highest BCUT2D eigenvalue weighted by Crippen LogP contribution is 2.19. The Morgan fingerprint density at radius 3 is 2.60 bits per heavy atom. The van der Waals surface area contributed by atoms with Gasteiger partial charge < -0.3 is 9.84 Å². The minimum Gasteiger partial charge on any atom is -0.489 e. The Morgan fingerprint density at radius 2 is 2.13 bits per heavy atom. The average Bonchev–Trinajstić information content (AvgIpc) is 2.11. The Bertz CT molecular complexity index is 390. The van der Waals surface area contributed by atoms with Gasteiger partial charge in [-0.1, -0.05) is 11.5 Å². The molecule has 5 heteroatoms. The first kappa shape index (κ1) is 11.6. The predicted octanol–water partition coefficient (Wildman–Crippen LogP) is 1.10. The zero-order valence-electron chi connectivity index (χ0n) is 8.45. The summed E-state index contributed by atoms with van der Waals surface area (Å²) in [5.41, 5.74) is -0.356. The fourth-order valence-corrected chi connectivity index (χ4v) is 1.09. The molecule has 0 unspecified atom stereocenters. The van der Waals surface area contributed by atoms with Crippen molar-refractivity contribution >= 4 is 19.3 Å². The summed E-state index contributed by atoms with van der Waals surface area (Å²) in [6, 6.07) is 2.42. The normalized spacial score (nSPS) is 10.4. The molecule has 0 saturated carbocycles. The van der Waals surface area contributed by atoms with E-state index < -0.39 is 17.3 Å². The number of carboxylic acid groups (broad SMARTS) is 1. The minimum absolute atomic E-state index is 0.0891. The predicted molar refractivity (Wildman–Crippen MR) is 54.5 cm³/mol. The van der Waals surface area contributed by atoms with Gasteiger partial charge in [-0.15, -0.1) is 0 Å². The molecule has 0 heterocycles. The van der Waals surface area contributed by atoms with Gasteiger partial charge in [0.15, 0.2) is 5.82 Å². The van der Waals surface area contributed by atoms with Crippen molar-refractivity contribution < 1.29 is 19.0 Å². The first-order valence-electron chi connectivity index (χ1n) is 4.41. The molecule has 0 bridgehead atoms. The second-order valence-corrected chi connectivity index (χ2v) is 3.32. The summed E-state index contributed by atoms with van der Waals surface area (Å²) >= 11 is 0. The van der Waals surface area contributed by atoms with Gasteiger partial charge in [0, 0.05) is 0 Å². The van der Waals surface area contributed by atoms with Crippen molar-refractivity contribution in [3.05, 3.63) is 23.5 Å². The van der Waals surface area contributed by atoms with Crippen LogP contribution in [0, 0.1) is 5.82 Å². The van der Waals surface area contributed by atoms with Gasteiger partial charge in [0.1, 0.15) is 13.6 Å². The van der Waals surface area contributed by atoms with Gasteiger partial charge >= 0.3 is 5.97 Å². The van der Waals surface area contributed by atoms with Gasteiger partial charge in [-0.2, -0.15) is 0 Å². The molecule has 0 fully saturated rings. The molecule has 78 valence electrons. The van der Waals surface area contributed by atoms with Crippen LogP contribution in [0.1, 0.15) is 24.2 Å². The Morgan fingerprint density at radius 1 is 1.53 bits per heavy atom. The second kappa shape index (κ2) is 4.34. The zero-order chi connectivity index (χ0) is 11.6. The maximum Gasteiger partial charge on any atom is 0.338 e. The highest BCUT2D eigenvalue weighted by atomic mass is 19.1. The van der Waals surface area contributed by atoms with Gasteiger partial charge in [-0.05, 0) is 19.9 Å². The van der Waals surface area contributed by atoms with E-state index in [4.69, 9.17) is 17.7 Å². The highest BCUT2D eigenvalue weighted by Gasteiger charge is 2.17. The molecular weight excluding hydrogens is 198 g/mol. The lowest BCUT2D eigenvalue weighted by molar-refractivity contribution is 0.0690. The van der Waals surface area contributed by atoms with Crippen LogP contribution in [0.15, 0.2) is 12.1 Å². The highest BCUT2D eigenvalue weighted by molar-refractivity contribution is 6.34. The van der Waals surface area contributed by atoms with Crippen LogP contribution in [0.4, 0.5) is 4.39 Å². The third kappa shape index (κ3) is 2.49. The molecule has 0 aliphatic heterocycles. The number of hydrogen-bond donors (Lipinski definition) is 1. The van der Waals surface area contributed by atoms with Crippen LogP contribution in [0.5, 0.6) is 5.75 Å². The monoisotopic (exact) mass is 208 g/mol. The van der Waals surface area contributed by atoms with E-state index in [9.17, 15) is 9.18 Å². The quantitative estimate of drug-likeness (QED) is 0.756. The number of carbonyl (C=O) groups is 1. The number of benzene rings is 1. The molecule has 1 aromatic carbocycles. The molecule has 15 heavy (non-hydrogen) atoms. The summed E-state index contributed by atoms with van der Waals surface area (Å²) in [6.45, 7) is 3.40. The number of hydrogen-bond acceptors (Lipinski definition) is 2. The van der Waals surface area contributed by atoms with Gasteiger partial charge in [0.05, 0.1) is 11.7 Å². The molecule has 1 aromatic rings. The smallest absolute Gasteiger partial charge is 0.338 e. The summed E-state index contributed by atoms with van der Waals surface area (Å²) in [7, 11) is 5.48. The van der Waals surface area contributed by atoms with Gasteiger partial charge in [0.2, 0.25) is 0 Å². The molecule has 1 rings (SSSR count). The first-order valence-corrected chi connectivity index (χ1v) is 4.41. The standard InChI is InChI=1S/C10H10BFO3/c1-5(2)15-9-7(11)4-3-6(8(9)12)10(13)14/h3-5H,1-2H3,(H,13,14). The Kier molecular flexibility index (Phi) is 3.34. The summed E-state index contributed by atoms with van der Waals surface area (Å²) in [6.07, 6.45) is -0.272. The molecule has 0 aromatic heterocycles. The van der Waals surface area contributed by atoms with E-state index in [0.29, 0.717) is 0 Å². The maximum atomic E-state index is 13.6. The van der Waals surface area contributed by atoms with Crippen LogP contribution in [0.25, 0.3) is 0 Å². The van der Waals surface area contributed by atoms with Crippen LogP contribution in [0.2, 0.25) is 0 Å². The van der Waals surface area contributed by atoms with Crippen LogP contribution in [0.3, 0.4) is 0 Å². The lowest BCUT2D eigenvalue weighted by Crippen LogP contribution is -2.18. The number of ether oxygens (including phenoxy) is 1. The van der Waals surface area contributed by atoms with Crippen LogP contribution in [-0.2, 0) is 0 Å². The van der Waals surface area contributed by atoms with Gasteiger partial charge in [0.25, 0.3) is 0 Å². The van der Waals surface area contributed by atoms with Gasteiger partial charge in [-0.25, -0.2) is 9.18 Å². The number of aromatic carboxylic acids is 1. The Hall–Kier alpha value is -1.52. The van der Waals surface area contributed by atoms with E-state index in [-0.39, 0.29) is 17.3 Å². The van der Waals surface area contributed by atoms with E-state index >= 15 is 0 Å². The van der Waals surface area contributed by atoms with Crippen molar-refractivity contribution in [1.29, 1.82) is 0 Å². The third-order valence-corrected chi connectivity index (χ3v) is 1.71. The Balaban J connectivity index is 3.24. The maximum absolute atomic E-state index is 13.6. The molecule has 1 N–H and O–H groups in total. The van der Waals surface area contributed by atoms with Crippen molar-refractivity contribution in [1.82, 2.24) is 0 Å². The van der Waals surface area contributed by atoms with E-state index in [1.165, 1.54) is 6.07 Å². The fourth-order valence-electron chi connectivity index (χ4n) is 1.09. The van der Waals surface area contributed by atoms with Crippen LogP contribution in [-0.4, -0.2) is 25.0 Å². The van der Waals surface area contributed by atoms with Gasteiger partial charge in [-0.3, -0.25) is 0 Å². The first-order chi connectivity index (χ1) is 6.93. The summed E-state index contributed by atoms with van der Waals surface area (Å²) in [5, 5.41) is 8.68. The number of halogens is 1. The van der Waals surface area contributed by atoms with Crippen molar-refractivity contribution in [2.24, 2.45) is 0 Å². The summed E-state index contributed by atoms with van der Waals surface area (Å²) in [4.78, 5) is 10.6. The second-order valence-electron chi connectivity index (χ2n) is 3.32. The lowest BCUT2D eigenvalue weighted by atomic mass is 9.93. The summed E-state index contributed by atoms with van der Waals surface area (Å²) in [5.74, 6) is -2.48. The molecule has 2 radical (unpaired) electrons. The van der Waals surface area contributed by atoms with E-state index in [0.717, 1.165) is 6.07 Å². The van der Waals surface area contributed by atoms with Crippen LogP contribution >= 0.6 is 0 Å². The molecule has 0 aliphatic carbocycles. The molecule has 0 aliphatic rings. The van der Waals surface area contributed by atoms with Crippen molar-refractivity contribution in [3.63, 3.8) is 0 Å². The van der Waals surface area contributed by atoms with Crippen LogP contribution < -0.4 is 10.2 Å². The third-order valence-electron chi connectivity index (χ3n) is 1.71. The van der Waals surface area contributed by atoms with Crippen molar-refractivity contribution in [2.45, 2.75) is 20.0 Å². The largest absolute Gasteiger partial charge is 0.489 e. The molecule has 0 saturated heterocycles. The van der Waals surface area contributed by atoms with E-state index in [1.807, 2.05) is 0 Å². The number of rotatable bonds is 3. The fraction of sp³-hybridized carbons (Fsp3) is 0.300.